The van der Waals surface area contributed by atoms with Crippen LogP contribution < -0.4 is 4.90 Å². The molecule has 1 heterocycles. The molecular formula is C22H22FNO3. The SMILES string of the molecule is Cc1cccc(C2C(C(=O)CC(C)C)=C(O)C(=O)N2c2ccc(F)cc2)c1. The number of carbonyl (C=O) groups excluding carboxylic acids is 2. The van der Waals surface area contributed by atoms with Gasteiger partial charge in [0.15, 0.2) is 11.5 Å². The smallest absolute Gasteiger partial charge is 0.294 e. The van der Waals surface area contributed by atoms with E-state index >= 15 is 0 Å². The predicted octanol–water partition coefficient (Wildman–Crippen LogP) is 4.65. The van der Waals surface area contributed by atoms with Crippen LogP contribution in [0, 0.1) is 18.7 Å². The van der Waals surface area contributed by atoms with Crippen LogP contribution in [0.5, 0.6) is 0 Å². The molecule has 0 saturated heterocycles. The largest absolute Gasteiger partial charge is 0.503 e. The number of nitrogens with zero attached hydrogens (tertiary/aromatic N) is 1. The third kappa shape index (κ3) is 3.63. The van der Waals surface area contributed by atoms with Crippen LogP contribution in [0.1, 0.15) is 37.4 Å². The van der Waals surface area contributed by atoms with Crippen LogP contribution in [-0.4, -0.2) is 16.8 Å². The molecule has 2 aromatic carbocycles. The third-order valence-electron chi connectivity index (χ3n) is 4.56. The number of ketones is 1. The van der Waals surface area contributed by atoms with E-state index in [9.17, 15) is 19.1 Å². The minimum Gasteiger partial charge on any atom is -0.503 e. The molecule has 1 N–H and O–H groups in total. The second-order valence-corrected chi connectivity index (χ2v) is 7.25. The molecule has 5 heteroatoms. The third-order valence-corrected chi connectivity index (χ3v) is 4.56. The van der Waals surface area contributed by atoms with Gasteiger partial charge in [-0.25, -0.2) is 4.39 Å². The fourth-order valence-corrected chi connectivity index (χ4v) is 3.39. The first kappa shape index (κ1) is 18.8. The van der Waals surface area contributed by atoms with Crippen molar-refractivity contribution in [2.75, 3.05) is 4.90 Å². The number of rotatable bonds is 5. The zero-order chi connectivity index (χ0) is 19.7. The van der Waals surface area contributed by atoms with Gasteiger partial charge < -0.3 is 5.11 Å². The molecule has 1 unspecified atom stereocenters. The number of aliphatic hydroxyl groups is 1. The van der Waals surface area contributed by atoms with Gasteiger partial charge in [-0.1, -0.05) is 43.7 Å². The highest BCUT2D eigenvalue weighted by molar-refractivity contribution is 6.16. The van der Waals surface area contributed by atoms with Crippen molar-refractivity contribution in [1.29, 1.82) is 0 Å². The van der Waals surface area contributed by atoms with E-state index in [1.807, 2.05) is 45.0 Å². The summed E-state index contributed by atoms with van der Waals surface area (Å²) in [6.07, 6.45) is 0.228. The monoisotopic (exact) mass is 367 g/mol. The second kappa shape index (κ2) is 7.35. The first-order valence-corrected chi connectivity index (χ1v) is 8.91. The van der Waals surface area contributed by atoms with Crippen molar-refractivity contribution in [3.63, 3.8) is 0 Å². The molecule has 1 aliphatic rings. The Morgan fingerprint density at radius 2 is 1.85 bits per heavy atom. The van der Waals surface area contributed by atoms with Gasteiger partial charge in [0.2, 0.25) is 0 Å². The molecule has 0 saturated carbocycles. The summed E-state index contributed by atoms with van der Waals surface area (Å²) >= 11 is 0. The lowest BCUT2D eigenvalue weighted by Crippen LogP contribution is -2.31. The van der Waals surface area contributed by atoms with Crippen LogP contribution in [0.2, 0.25) is 0 Å². The highest BCUT2D eigenvalue weighted by Crippen LogP contribution is 2.41. The van der Waals surface area contributed by atoms with Crippen LogP contribution in [0.15, 0.2) is 59.9 Å². The summed E-state index contributed by atoms with van der Waals surface area (Å²) in [6, 6.07) is 12.2. The number of anilines is 1. The van der Waals surface area contributed by atoms with Crippen LogP contribution in [0.25, 0.3) is 0 Å². The van der Waals surface area contributed by atoms with Crippen molar-refractivity contribution in [2.24, 2.45) is 5.92 Å². The molecule has 0 spiro atoms. The summed E-state index contributed by atoms with van der Waals surface area (Å²) in [5.74, 6) is -1.78. The maximum atomic E-state index is 13.4. The lowest BCUT2D eigenvalue weighted by molar-refractivity contribution is -0.118. The number of aliphatic hydroxyl groups excluding tert-OH is 1. The van der Waals surface area contributed by atoms with Crippen LogP contribution in [0.4, 0.5) is 10.1 Å². The topological polar surface area (TPSA) is 57.6 Å². The van der Waals surface area contributed by atoms with Gasteiger partial charge in [-0.15, -0.1) is 0 Å². The summed E-state index contributed by atoms with van der Waals surface area (Å²) in [5, 5.41) is 10.5. The van der Waals surface area contributed by atoms with E-state index in [-0.39, 0.29) is 23.7 Å². The molecule has 27 heavy (non-hydrogen) atoms. The van der Waals surface area contributed by atoms with Crippen LogP contribution in [-0.2, 0) is 9.59 Å². The maximum absolute atomic E-state index is 13.4. The van der Waals surface area contributed by atoms with Crippen LogP contribution >= 0.6 is 0 Å². The number of benzene rings is 2. The molecule has 1 aliphatic heterocycles. The quantitative estimate of drug-likeness (QED) is 0.837. The molecule has 3 rings (SSSR count). The average molecular weight is 367 g/mol. The molecule has 0 bridgehead atoms. The fraction of sp³-hybridized carbons (Fsp3) is 0.273. The first-order valence-electron chi connectivity index (χ1n) is 8.91. The number of amides is 1. The maximum Gasteiger partial charge on any atom is 0.294 e. The standard InChI is InChI=1S/C22H22FNO3/c1-13(2)11-18(25)19-20(15-6-4-5-14(3)12-15)24(22(27)21(19)26)17-9-7-16(23)8-10-17/h4-10,12-13,20,26H,11H2,1-3H3. The Bertz CT molecular complexity index is 915. The number of aryl methyl sites for hydroxylation is 1. The zero-order valence-electron chi connectivity index (χ0n) is 15.6. The summed E-state index contributed by atoms with van der Waals surface area (Å²) in [5.41, 5.74) is 2.22. The van der Waals surface area contributed by atoms with Gasteiger partial charge in [-0.2, -0.15) is 0 Å². The molecule has 2 aromatic rings. The van der Waals surface area contributed by atoms with Crippen molar-refractivity contribution >= 4 is 17.4 Å². The van der Waals surface area contributed by atoms with Crippen LogP contribution in [0.3, 0.4) is 0 Å². The summed E-state index contributed by atoms with van der Waals surface area (Å²) in [6.45, 7) is 5.74. The normalized spacial score (nSPS) is 17.1. The van der Waals surface area contributed by atoms with E-state index in [1.54, 1.807) is 0 Å². The molecule has 140 valence electrons. The van der Waals surface area contributed by atoms with Gasteiger partial charge in [0.1, 0.15) is 5.82 Å². The van der Waals surface area contributed by atoms with E-state index < -0.39 is 23.5 Å². The minimum absolute atomic E-state index is 0.0888. The molecule has 1 amide bonds. The summed E-state index contributed by atoms with van der Waals surface area (Å²) in [7, 11) is 0. The van der Waals surface area contributed by atoms with Gasteiger partial charge in [-0.05, 0) is 42.7 Å². The van der Waals surface area contributed by atoms with E-state index in [4.69, 9.17) is 0 Å². The molecule has 4 nitrogen and oxygen atoms in total. The lowest BCUT2D eigenvalue weighted by atomic mass is 9.91. The highest BCUT2D eigenvalue weighted by Gasteiger charge is 2.44. The Morgan fingerprint density at radius 1 is 1.19 bits per heavy atom. The lowest BCUT2D eigenvalue weighted by Gasteiger charge is -2.27. The highest BCUT2D eigenvalue weighted by atomic mass is 19.1. The zero-order valence-corrected chi connectivity index (χ0v) is 15.6. The van der Waals surface area contributed by atoms with Gasteiger partial charge in [0.05, 0.1) is 11.6 Å². The Kier molecular flexibility index (Phi) is 5.13. The molecule has 0 fully saturated rings. The van der Waals surface area contributed by atoms with E-state index in [0.29, 0.717) is 5.69 Å². The average Bonchev–Trinajstić information content (AvgIpc) is 2.87. The summed E-state index contributed by atoms with van der Waals surface area (Å²) in [4.78, 5) is 27.0. The number of hydrogen-bond donors (Lipinski definition) is 1. The van der Waals surface area contributed by atoms with E-state index in [0.717, 1.165) is 11.1 Å². The van der Waals surface area contributed by atoms with Gasteiger partial charge in [-0.3, -0.25) is 14.5 Å². The van der Waals surface area contributed by atoms with Crippen molar-refractivity contribution in [1.82, 2.24) is 0 Å². The van der Waals surface area contributed by atoms with Gasteiger partial charge >= 0.3 is 0 Å². The van der Waals surface area contributed by atoms with Crippen molar-refractivity contribution in [2.45, 2.75) is 33.2 Å². The fourth-order valence-electron chi connectivity index (χ4n) is 3.39. The Morgan fingerprint density at radius 3 is 2.44 bits per heavy atom. The minimum atomic E-state index is -0.742. The number of carbonyl (C=O) groups is 2. The Labute approximate surface area is 157 Å². The second-order valence-electron chi connectivity index (χ2n) is 7.25. The molecule has 0 aromatic heterocycles. The molecular weight excluding hydrogens is 345 g/mol. The number of Topliss-reactive ketones (excluding diaryl/α,β-unsaturated/α-hetero) is 1. The predicted molar refractivity (Wildman–Crippen MR) is 102 cm³/mol. The Balaban J connectivity index is 2.15. The first-order chi connectivity index (χ1) is 12.8. The van der Waals surface area contributed by atoms with E-state index in [2.05, 4.69) is 0 Å². The molecule has 1 atom stereocenters. The van der Waals surface area contributed by atoms with E-state index in [1.165, 1.54) is 29.2 Å². The van der Waals surface area contributed by atoms with Crippen molar-refractivity contribution in [3.8, 4) is 0 Å². The number of hydrogen-bond acceptors (Lipinski definition) is 3. The van der Waals surface area contributed by atoms with Gasteiger partial charge in [0, 0.05) is 12.1 Å². The van der Waals surface area contributed by atoms with Gasteiger partial charge in [0.25, 0.3) is 5.91 Å². The molecule has 0 radical (unpaired) electrons. The molecule has 0 aliphatic carbocycles. The van der Waals surface area contributed by atoms with Crippen molar-refractivity contribution < 1.29 is 19.1 Å². The summed E-state index contributed by atoms with van der Waals surface area (Å²) < 4.78 is 13.4. The van der Waals surface area contributed by atoms with Crippen molar-refractivity contribution in [3.05, 3.63) is 76.8 Å². The Hall–Kier alpha value is -2.95. The number of halogens is 1.